The Morgan fingerprint density at radius 3 is 2.52 bits per heavy atom. The summed E-state index contributed by atoms with van der Waals surface area (Å²) in [5.74, 6) is -0.0561. The molecule has 1 aliphatic carbocycles. The van der Waals surface area contributed by atoms with E-state index in [2.05, 4.69) is 24.2 Å². The van der Waals surface area contributed by atoms with Gasteiger partial charge in [-0.15, -0.1) is 0 Å². The molecule has 0 bridgehead atoms. The van der Waals surface area contributed by atoms with Gasteiger partial charge in [0.25, 0.3) is 0 Å². The summed E-state index contributed by atoms with van der Waals surface area (Å²) in [7, 11) is 2.11. The maximum absolute atomic E-state index is 11.6. The number of hydrogen-bond acceptors (Lipinski definition) is 4. The third-order valence-electron chi connectivity index (χ3n) is 4.92. The molecular weight excluding hydrogens is 268 g/mol. The van der Waals surface area contributed by atoms with E-state index in [1.165, 1.54) is 0 Å². The Morgan fingerprint density at radius 1 is 1.38 bits per heavy atom. The maximum Gasteiger partial charge on any atom is 0.323 e. The van der Waals surface area contributed by atoms with Gasteiger partial charge in [-0.25, -0.2) is 0 Å². The van der Waals surface area contributed by atoms with Crippen molar-refractivity contribution >= 4 is 5.97 Å². The van der Waals surface area contributed by atoms with Gasteiger partial charge in [-0.05, 0) is 58.9 Å². The Morgan fingerprint density at radius 2 is 2.00 bits per heavy atom. The predicted octanol–water partition coefficient (Wildman–Crippen LogP) is 1.72. The molecule has 0 spiro atoms. The van der Waals surface area contributed by atoms with Gasteiger partial charge >= 0.3 is 5.97 Å². The second-order valence-corrected chi connectivity index (χ2v) is 7.10. The normalized spacial score (nSPS) is 24.8. The molecule has 1 saturated carbocycles. The van der Waals surface area contributed by atoms with Crippen LogP contribution in [0.2, 0.25) is 0 Å². The number of nitrogens with one attached hydrogen (secondary N) is 1. The molecular formula is C16H30N2O3. The molecule has 2 unspecified atom stereocenters. The molecule has 2 atom stereocenters. The molecule has 0 amide bonds. The summed E-state index contributed by atoms with van der Waals surface area (Å²) in [5, 5.41) is 12.9. The first-order valence-electron chi connectivity index (χ1n) is 8.20. The van der Waals surface area contributed by atoms with Crippen LogP contribution in [0.15, 0.2) is 0 Å². The molecule has 0 aromatic rings. The Bertz CT molecular complexity index is 353. The van der Waals surface area contributed by atoms with E-state index in [0.717, 1.165) is 45.4 Å². The van der Waals surface area contributed by atoms with Crippen LogP contribution in [0.4, 0.5) is 0 Å². The lowest BCUT2D eigenvalue weighted by molar-refractivity contribution is -0.145. The van der Waals surface area contributed by atoms with Gasteiger partial charge < -0.3 is 14.7 Å². The van der Waals surface area contributed by atoms with Gasteiger partial charge in [0.2, 0.25) is 0 Å². The molecule has 1 heterocycles. The van der Waals surface area contributed by atoms with E-state index in [-0.39, 0.29) is 6.04 Å². The van der Waals surface area contributed by atoms with Gasteiger partial charge in [0.05, 0.1) is 0 Å². The molecule has 122 valence electrons. The molecule has 0 radical (unpaired) electrons. The number of nitrogens with zero attached hydrogens (tertiary/aromatic N) is 1. The van der Waals surface area contributed by atoms with Crippen molar-refractivity contribution in [3.63, 3.8) is 0 Å². The number of carboxylic acid groups (broad SMARTS) is 1. The molecule has 5 heteroatoms. The number of rotatable bonds is 8. The Hall–Kier alpha value is -0.650. The summed E-state index contributed by atoms with van der Waals surface area (Å²) >= 11 is 0. The minimum absolute atomic E-state index is 0.250. The van der Waals surface area contributed by atoms with Crippen LogP contribution in [-0.4, -0.2) is 60.4 Å². The zero-order valence-electron chi connectivity index (χ0n) is 13.6. The monoisotopic (exact) mass is 298 g/mol. The highest BCUT2D eigenvalue weighted by molar-refractivity contribution is 5.78. The molecule has 2 aliphatic rings. The molecule has 2 rings (SSSR count). The van der Waals surface area contributed by atoms with E-state index in [4.69, 9.17) is 4.74 Å². The lowest BCUT2D eigenvalue weighted by atomic mass is 9.91. The van der Waals surface area contributed by atoms with Crippen LogP contribution < -0.4 is 5.32 Å². The van der Waals surface area contributed by atoms with Crippen LogP contribution in [0.1, 0.15) is 46.0 Å². The smallest absolute Gasteiger partial charge is 0.323 e. The Labute approximate surface area is 128 Å². The average molecular weight is 298 g/mol. The van der Waals surface area contributed by atoms with Gasteiger partial charge in [-0.1, -0.05) is 0 Å². The SMILES string of the molecule is CC(CC(C)(NC1CC1)C(=O)O)N(C)CC1CCOCC1. The highest BCUT2D eigenvalue weighted by atomic mass is 16.5. The van der Waals surface area contributed by atoms with Crippen LogP contribution >= 0.6 is 0 Å². The quantitative estimate of drug-likeness (QED) is 0.714. The van der Waals surface area contributed by atoms with E-state index in [0.29, 0.717) is 18.4 Å². The van der Waals surface area contributed by atoms with Crippen LogP contribution in [0.5, 0.6) is 0 Å². The summed E-state index contributed by atoms with van der Waals surface area (Å²) in [6.07, 6.45) is 5.09. The van der Waals surface area contributed by atoms with E-state index in [1.54, 1.807) is 0 Å². The van der Waals surface area contributed by atoms with Crippen molar-refractivity contribution in [1.82, 2.24) is 10.2 Å². The molecule has 21 heavy (non-hydrogen) atoms. The van der Waals surface area contributed by atoms with E-state index in [9.17, 15) is 9.90 Å². The van der Waals surface area contributed by atoms with Crippen molar-refractivity contribution in [3.05, 3.63) is 0 Å². The van der Waals surface area contributed by atoms with Gasteiger partial charge in [0, 0.05) is 31.8 Å². The molecule has 1 saturated heterocycles. The first kappa shape index (κ1) is 16.7. The van der Waals surface area contributed by atoms with Crippen molar-refractivity contribution in [2.75, 3.05) is 26.8 Å². The first-order chi connectivity index (χ1) is 9.90. The molecule has 5 nitrogen and oxygen atoms in total. The van der Waals surface area contributed by atoms with Crippen molar-refractivity contribution in [3.8, 4) is 0 Å². The maximum atomic E-state index is 11.6. The lowest BCUT2D eigenvalue weighted by Crippen LogP contribution is -2.54. The molecule has 0 aromatic heterocycles. The van der Waals surface area contributed by atoms with Gasteiger partial charge in [-0.3, -0.25) is 10.1 Å². The standard InChI is InChI=1S/C16H30N2O3/c1-12(18(3)11-13-6-8-21-9-7-13)10-16(2,15(19)20)17-14-4-5-14/h12-14,17H,4-11H2,1-3H3,(H,19,20). The fourth-order valence-electron chi connectivity index (χ4n) is 3.15. The molecule has 0 aromatic carbocycles. The number of carboxylic acids is 1. The highest BCUT2D eigenvalue weighted by Crippen LogP contribution is 2.26. The van der Waals surface area contributed by atoms with Crippen LogP contribution in [0, 0.1) is 5.92 Å². The molecule has 1 aliphatic heterocycles. The van der Waals surface area contributed by atoms with E-state index < -0.39 is 11.5 Å². The van der Waals surface area contributed by atoms with Crippen LogP contribution in [-0.2, 0) is 9.53 Å². The summed E-state index contributed by atoms with van der Waals surface area (Å²) < 4.78 is 5.40. The Balaban J connectivity index is 1.84. The molecule has 2 N–H and O–H groups in total. The largest absolute Gasteiger partial charge is 0.480 e. The number of aliphatic carboxylic acids is 1. The van der Waals surface area contributed by atoms with E-state index >= 15 is 0 Å². The van der Waals surface area contributed by atoms with Gasteiger partial charge in [-0.2, -0.15) is 0 Å². The van der Waals surface area contributed by atoms with E-state index in [1.807, 2.05) is 6.92 Å². The van der Waals surface area contributed by atoms with Crippen molar-refractivity contribution in [1.29, 1.82) is 0 Å². The highest BCUT2D eigenvalue weighted by Gasteiger charge is 2.40. The number of hydrogen-bond donors (Lipinski definition) is 2. The second kappa shape index (κ2) is 7.07. The minimum Gasteiger partial charge on any atom is -0.480 e. The van der Waals surface area contributed by atoms with Crippen LogP contribution in [0.3, 0.4) is 0 Å². The summed E-state index contributed by atoms with van der Waals surface area (Å²) in [4.78, 5) is 13.9. The topological polar surface area (TPSA) is 61.8 Å². The number of ether oxygens (including phenoxy) is 1. The fraction of sp³-hybridized carbons (Fsp3) is 0.938. The number of carbonyl (C=O) groups is 1. The minimum atomic E-state index is -0.815. The van der Waals surface area contributed by atoms with Gasteiger partial charge in [0.15, 0.2) is 0 Å². The Kier molecular flexibility index (Phi) is 5.63. The van der Waals surface area contributed by atoms with Crippen molar-refractivity contribution < 1.29 is 14.6 Å². The van der Waals surface area contributed by atoms with Gasteiger partial charge in [0.1, 0.15) is 5.54 Å². The zero-order chi connectivity index (χ0) is 15.5. The third-order valence-corrected chi connectivity index (χ3v) is 4.92. The predicted molar refractivity (Wildman–Crippen MR) is 82.5 cm³/mol. The lowest BCUT2D eigenvalue weighted by Gasteiger charge is -2.35. The molecule has 2 fully saturated rings. The first-order valence-corrected chi connectivity index (χ1v) is 8.20. The second-order valence-electron chi connectivity index (χ2n) is 7.10. The third kappa shape index (κ3) is 4.94. The summed E-state index contributed by atoms with van der Waals surface area (Å²) in [6.45, 7) is 6.72. The average Bonchev–Trinajstić information content (AvgIpc) is 3.23. The van der Waals surface area contributed by atoms with Crippen molar-refractivity contribution in [2.24, 2.45) is 5.92 Å². The zero-order valence-corrected chi connectivity index (χ0v) is 13.6. The van der Waals surface area contributed by atoms with Crippen LogP contribution in [0.25, 0.3) is 0 Å². The van der Waals surface area contributed by atoms with Crippen molar-refractivity contribution in [2.45, 2.75) is 63.6 Å². The summed E-state index contributed by atoms with van der Waals surface area (Å²) in [6, 6.07) is 0.652. The summed E-state index contributed by atoms with van der Waals surface area (Å²) in [5.41, 5.74) is -0.815. The fourth-order valence-corrected chi connectivity index (χ4v) is 3.15.